The van der Waals surface area contributed by atoms with E-state index < -0.39 is 0 Å². The molecule has 0 bridgehead atoms. The fourth-order valence-electron chi connectivity index (χ4n) is 5.10. The third kappa shape index (κ3) is 2.45. The summed E-state index contributed by atoms with van der Waals surface area (Å²) in [5.74, 6) is 0.976. The number of ether oxygens (including phenoxy) is 1. The van der Waals surface area contributed by atoms with Crippen LogP contribution in [0.5, 0.6) is 5.75 Å². The fraction of sp³-hybridized carbons (Fsp3) is 0.571. The van der Waals surface area contributed by atoms with Crippen molar-refractivity contribution in [1.82, 2.24) is 0 Å². The van der Waals surface area contributed by atoms with Crippen molar-refractivity contribution in [2.24, 2.45) is 5.16 Å². The lowest BCUT2D eigenvalue weighted by Crippen LogP contribution is -2.41. The van der Waals surface area contributed by atoms with E-state index in [0.29, 0.717) is 5.55 Å². The van der Waals surface area contributed by atoms with Crippen LogP contribution in [0, 0.1) is 0 Å². The van der Waals surface area contributed by atoms with Gasteiger partial charge in [0.1, 0.15) is 16.9 Å². The minimum atomic E-state index is 0.0390. The Bertz CT molecular complexity index is 890. The average molecular weight is 339 g/mol. The van der Waals surface area contributed by atoms with Crippen LogP contribution in [-0.4, -0.2) is 10.8 Å². The Morgan fingerprint density at radius 3 is 2.48 bits per heavy atom. The van der Waals surface area contributed by atoms with Crippen LogP contribution in [0.4, 0.5) is 0 Å². The zero-order valence-electron chi connectivity index (χ0n) is 14.6. The molecule has 0 radical (unpaired) electrons. The van der Waals surface area contributed by atoms with Crippen LogP contribution in [0.15, 0.2) is 21.7 Å². The summed E-state index contributed by atoms with van der Waals surface area (Å²) in [5.41, 5.74) is 4.91. The summed E-state index contributed by atoms with van der Waals surface area (Å²) in [4.78, 5) is 0. The van der Waals surface area contributed by atoms with Crippen LogP contribution < -0.4 is 10.3 Å². The molecule has 4 nitrogen and oxygen atoms in total. The van der Waals surface area contributed by atoms with Crippen LogP contribution >= 0.6 is 0 Å². The van der Waals surface area contributed by atoms with E-state index in [0.717, 1.165) is 49.0 Å². The molecule has 3 aliphatic rings. The van der Waals surface area contributed by atoms with E-state index >= 15 is 0 Å². The van der Waals surface area contributed by atoms with Crippen molar-refractivity contribution < 1.29 is 14.4 Å². The minimum Gasteiger partial charge on any atom is -0.487 e. The van der Waals surface area contributed by atoms with Gasteiger partial charge in [0.15, 0.2) is 0 Å². The van der Waals surface area contributed by atoms with Gasteiger partial charge in [0.25, 0.3) is 5.55 Å². The summed E-state index contributed by atoms with van der Waals surface area (Å²) in [5, 5.41) is 14.0. The molecule has 1 saturated carbocycles. The molecule has 1 aromatic heterocycles. The van der Waals surface area contributed by atoms with E-state index in [9.17, 15) is 5.21 Å². The molecule has 4 heteroatoms. The Kier molecular flexibility index (Phi) is 3.54. The highest BCUT2D eigenvalue weighted by atomic mass is 16.5. The molecule has 1 aromatic carbocycles. The maximum atomic E-state index is 9.39. The number of fused-ring (bicyclic) bond motifs is 4. The highest BCUT2D eigenvalue weighted by molar-refractivity contribution is 5.84. The maximum Gasteiger partial charge on any atom is 0.259 e. The summed E-state index contributed by atoms with van der Waals surface area (Å²) in [6, 6.07) is 4.32. The van der Waals surface area contributed by atoms with Crippen molar-refractivity contribution in [1.29, 1.82) is 0 Å². The van der Waals surface area contributed by atoms with E-state index in [2.05, 4.69) is 11.2 Å². The van der Waals surface area contributed by atoms with Crippen LogP contribution in [0.1, 0.15) is 68.1 Å². The van der Waals surface area contributed by atoms with Crippen molar-refractivity contribution in [2.45, 2.75) is 76.2 Å². The number of hydrogen-bond acceptors (Lipinski definition) is 4. The van der Waals surface area contributed by atoms with Crippen molar-refractivity contribution in [3.05, 3.63) is 34.4 Å². The quantitative estimate of drug-likeness (QED) is 0.562. The first-order chi connectivity index (χ1) is 12.3. The van der Waals surface area contributed by atoms with E-state index in [4.69, 9.17) is 9.15 Å². The van der Waals surface area contributed by atoms with E-state index in [1.165, 1.54) is 55.0 Å². The van der Waals surface area contributed by atoms with Gasteiger partial charge < -0.3 is 14.4 Å². The van der Waals surface area contributed by atoms with Gasteiger partial charge in [-0.25, -0.2) is 0 Å². The highest BCUT2D eigenvalue weighted by Crippen LogP contribution is 2.43. The van der Waals surface area contributed by atoms with E-state index in [-0.39, 0.29) is 5.60 Å². The lowest BCUT2D eigenvalue weighted by Gasteiger charge is -2.41. The van der Waals surface area contributed by atoms with Crippen molar-refractivity contribution in [3.63, 3.8) is 0 Å². The third-order valence-corrected chi connectivity index (χ3v) is 6.45. The Morgan fingerprint density at radius 1 is 0.880 bits per heavy atom. The lowest BCUT2D eigenvalue weighted by atomic mass is 9.78. The Balaban J connectivity index is 1.65. The van der Waals surface area contributed by atoms with Gasteiger partial charge in [-0.2, -0.15) is 0 Å². The van der Waals surface area contributed by atoms with Crippen LogP contribution in [-0.2, 0) is 19.3 Å². The molecule has 2 heterocycles. The Morgan fingerprint density at radius 2 is 1.68 bits per heavy atom. The predicted molar refractivity (Wildman–Crippen MR) is 95.0 cm³/mol. The molecule has 25 heavy (non-hydrogen) atoms. The summed E-state index contributed by atoms with van der Waals surface area (Å²) < 4.78 is 12.5. The first-order valence-electron chi connectivity index (χ1n) is 9.77. The number of hydrogen-bond donors (Lipinski definition) is 1. The molecule has 132 valence electrons. The zero-order valence-corrected chi connectivity index (χ0v) is 14.6. The predicted octanol–water partition coefficient (Wildman–Crippen LogP) is 4.63. The van der Waals surface area contributed by atoms with Crippen LogP contribution in [0.25, 0.3) is 11.0 Å². The van der Waals surface area contributed by atoms with Crippen molar-refractivity contribution >= 4 is 11.0 Å². The van der Waals surface area contributed by atoms with E-state index in [1.54, 1.807) is 0 Å². The third-order valence-electron chi connectivity index (χ3n) is 6.45. The molecule has 1 N–H and O–H groups in total. The van der Waals surface area contributed by atoms with Gasteiger partial charge in [0.05, 0.1) is 0 Å². The van der Waals surface area contributed by atoms with Gasteiger partial charge in [-0.1, -0.05) is 6.42 Å². The molecular formula is C21H25NO3. The first-order valence-corrected chi connectivity index (χ1v) is 9.77. The average Bonchev–Trinajstić information content (AvgIpc) is 2.66. The smallest absolute Gasteiger partial charge is 0.259 e. The normalized spacial score (nSPS) is 22.5. The standard InChI is InChI=1S/C21H25NO3/c23-22-20-16-7-3-2-6-15(16)17-12-14-8-11-21(9-4-1-5-10-21)25-18(14)13-19(17)24-20/h12-13,23H,1-11H2/b22-20-. The van der Waals surface area contributed by atoms with Crippen molar-refractivity contribution in [2.75, 3.05) is 0 Å². The molecule has 2 aromatic rings. The molecule has 0 amide bonds. The molecule has 5 rings (SSSR count). The van der Waals surface area contributed by atoms with Gasteiger partial charge in [-0.3, -0.25) is 0 Å². The van der Waals surface area contributed by atoms with Gasteiger partial charge in [0.2, 0.25) is 0 Å². The number of rotatable bonds is 0. The van der Waals surface area contributed by atoms with Crippen molar-refractivity contribution in [3.8, 4) is 5.75 Å². The number of nitrogens with zero attached hydrogens (tertiary/aromatic N) is 1. The van der Waals surface area contributed by atoms with Gasteiger partial charge in [-0.05, 0) is 86.6 Å². The molecular weight excluding hydrogens is 314 g/mol. The Hall–Kier alpha value is -1.97. The molecule has 0 atom stereocenters. The Labute approximate surface area is 147 Å². The monoisotopic (exact) mass is 339 g/mol. The molecule has 0 saturated heterocycles. The van der Waals surface area contributed by atoms with E-state index in [1.807, 2.05) is 6.07 Å². The maximum absolute atomic E-state index is 9.39. The topological polar surface area (TPSA) is 55.0 Å². The summed E-state index contributed by atoms with van der Waals surface area (Å²) >= 11 is 0. The minimum absolute atomic E-state index is 0.0390. The largest absolute Gasteiger partial charge is 0.487 e. The van der Waals surface area contributed by atoms with Crippen LogP contribution in [0.3, 0.4) is 0 Å². The van der Waals surface area contributed by atoms with Crippen LogP contribution in [0.2, 0.25) is 0 Å². The molecule has 0 unspecified atom stereocenters. The number of benzene rings is 1. The molecule has 1 aliphatic heterocycles. The molecule has 1 fully saturated rings. The number of aryl methyl sites for hydroxylation is 2. The lowest BCUT2D eigenvalue weighted by molar-refractivity contribution is 0.0109. The van der Waals surface area contributed by atoms with Gasteiger partial charge >= 0.3 is 0 Å². The molecule has 1 spiro atoms. The summed E-state index contributed by atoms with van der Waals surface area (Å²) in [6.45, 7) is 0. The SMILES string of the molecule is O/N=c1\oc2cc3c(cc2c2c1CCCC2)CCC1(CCCCC1)O3. The fourth-order valence-corrected chi connectivity index (χ4v) is 5.10. The second-order valence-electron chi connectivity index (χ2n) is 7.97. The summed E-state index contributed by atoms with van der Waals surface area (Å²) in [7, 11) is 0. The highest BCUT2D eigenvalue weighted by Gasteiger charge is 2.37. The van der Waals surface area contributed by atoms with Gasteiger partial charge in [0, 0.05) is 17.0 Å². The second-order valence-corrected chi connectivity index (χ2v) is 7.97. The summed E-state index contributed by atoms with van der Waals surface area (Å²) in [6.07, 6.45) is 12.7. The second kappa shape index (κ2) is 5.79. The van der Waals surface area contributed by atoms with Gasteiger partial charge in [-0.15, -0.1) is 0 Å². The molecule has 2 aliphatic carbocycles. The first kappa shape index (κ1) is 15.3. The zero-order chi connectivity index (χ0) is 16.9.